The fourth-order valence-electron chi connectivity index (χ4n) is 2.17. The van der Waals surface area contributed by atoms with Gasteiger partial charge in [-0.3, -0.25) is 0 Å². The lowest BCUT2D eigenvalue weighted by Crippen LogP contribution is -2.39. The first-order valence-corrected chi connectivity index (χ1v) is 8.42. The van der Waals surface area contributed by atoms with E-state index in [2.05, 4.69) is 0 Å². The van der Waals surface area contributed by atoms with Gasteiger partial charge < -0.3 is 0 Å². The highest BCUT2D eigenvalue weighted by atomic mass is 31.1. The van der Waals surface area contributed by atoms with Gasteiger partial charge in [0.25, 0.3) is 0 Å². The van der Waals surface area contributed by atoms with Crippen LogP contribution in [0.5, 0.6) is 0 Å². The van der Waals surface area contributed by atoms with Crippen LogP contribution in [0.1, 0.15) is 26.7 Å². The number of alkyl halides is 5. The molecule has 1 rings (SSSR count). The van der Waals surface area contributed by atoms with Crippen molar-refractivity contribution < 1.29 is 39.5 Å². The summed E-state index contributed by atoms with van der Waals surface area (Å²) in [4.78, 5) is 0. The van der Waals surface area contributed by atoms with E-state index in [4.69, 9.17) is 0 Å². The van der Waals surface area contributed by atoms with Crippen molar-refractivity contribution in [2.75, 3.05) is 6.16 Å². The van der Waals surface area contributed by atoms with Gasteiger partial charge in [-0.25, -0.2) is 17.6 Å². The molecule has 0 nitrogen and oxygen atoms in total. The predicted octanol–water partition coefficient (Wildman–Crippen LogP) is 5.94. The molecular formula is C14H14F9P. The summed E-state index contributed by atoms with van der Waals surface area (Å²) >= 11 is 0. The zero-order valence-corrected chi connectivity index (χ0v) is 13.5. The average molecular weight is 384 g/mol. The zero-order valence-electron chi connectivity index (χ0n) is 12.6. The van der Waals surface area contributed by atoms with Gasteiger partial charge in [0.1, 0.15) is 0 Å². The van der Waals surface area contributed by atoms with Gasteiger partial charge in [-0.2, -0.15) is 22.0 Å². The van der Waals surface area contributed by atoms with Gasteiger partial charge >= 0.3 is 11.8 Å². The van der Waals surface area contributed by atoms with Crippen molar-refractivity contribution in [3.8, 4) is 0 Å². The third kappa shape index (κ3) is 4.16. The Morgan fingerprint density at radius 2 is 1.50 bits per heavy atom. The molecule has 0 bridgehead atoms. The molecule has 1 aromatic carbocycles. The molecule has 138 valence electrons. The van der Waals surface area contributed by atoms with E-state index in [0.29, 0.717) is 6.42 Å². The van der Waals surface area contributed by atoms with Crippen molar-refractivity contribution in [2.24, 2.45) is 5.92 Å². The maximum Gasteiger partial charge on any atom is 0.457 e. The molecule has 2 atom stereocenters. The molecule has 24 heavy (non-hydrogen) atoms. The van der Waals surface area contributed by atoms with Gasteiger partial charge in [-0.05, 0) is 18.1 Å². The van der Waals surface area contributed by atoms with E-state index in [0.717, 1.165) is 0 Å². The van der Waals surface area contributed by atoms with Crippen molar-refractivity contribution in [3.05, 3.63) is 29.3 Å². The minimum absolute atomic E-state index is 0.113. The number of benzene rings is 1. The number of hydrogen-bond donors (Lipinski definition) is 0. The van der Waals surface area contributed by atoms with E-state index in [9.17, 15) is 39.5 Å². The number of hydrogen-bond acceptors (Lipinski definition) is 0. The minimum atomic E-state index is -6.03. The molecule has 0 aliphatic rings. The molecule has 0 spiro atoms. The van der Waals surface area contributed by atoms with E-state index < -0.39 is 60.4 Å². The third-order valence-corrected chi connectivity index (χ3v) is 6.16. The van der Waals surface area contributed by atoms with Crippen LogP contribution in [0, 0.1) is 29.2 Å². The highest BCUT2D eigenvalue weighted by Gasteiger charge is 2.63. The fraction of sp³-hybridized carbons (Fsp3) is 0.571. The molecule has 1 aromatic rings. The predicted molar refractivity (Wildman–Crippen MR) is 72.8 cm³/mol. The normalized spacial score (nSPS) is 15.5. The first-order chi connectivity index (χ1) is 10.8. The molecule has 0 aliphatic carbocycles. The summed E-state index contributed by atoms with van der Waals surface area (Å²) in [6.45, 7) is 3.04. The third-order valence-electron chi connectivity index (χ3n) is 3.33. The molecule has 0 fully saturated rings. The summed E-state index contributed by atoms with van der Waals surface area (Å²) < 4.78 is 119. The van der Waals surface area contributed by atoms with Gasteiger partial charge in [0.2, 0.25) is 0 Å². The lowest BCUT2D eigenvalue weighted by atomic mass is 10.1. The summed E-state index contributed by atoms with van der Waals surface area (Å²) in [6, 6.07) is -0.113. The monoisotopic (exact) mass is 384 g/mol. The molecule has 10 heteroatoms. The quantitative estimate of drug-likeness (QED) is 0.246. The first kappa shape index (κ1) is 21.1. The number of rotatable bonds is 6. The van der Waals surface area contributed by atoms with Crippen LogP contribution in [0.4, 0.5) is 39.5 Å². The van der Waals surface area contributed by atoms with Crippen molar-refractivity contribution in [2.45, 2.75) is 38.5 Å². The van der Waals surface area contributed by atoms with E-state index in [-0.39, 0.29) is 12.5 Å². The van der Waals surface area contributed by atoms with E-state index in [1.807, 2.05) is 0 Å². The van der Waals surface area contributed by atoms with E-state index in [1.165, 1.54) is 6.92 Å². The Bertz CT molecular complexity index is 583. The molecule has 0 radical (unpaired) electrons. The zero-order chi connectivity index (χ0) is 18.9. The molecule has 2 unspecified atom stereocenters. The van der Waals surface area contributed by atoms with E-state index in [1.54, 1.807) is 6.92 Å². The summed E-state index contributed by atoms with van der Waals surface area (Å²) in [5.41, 5.74) is -5.37. The van der Waals surface area contributed by atoms with Crippen LogP contribution in [0.2, 0.25) is 0 Å². The summed E-state index contributed by atoms with van der Waals surface area (Å²) in [5.74, 6) is -9.57. The molecule has 0 aliphatic heterocycles. The Labute approximate surface area is 133 Å². The van der Waals surface area contributed by atoms with Gasteiger partial charge in [-0.1, -0.05) is 26.7 Å². The topological polar surface area (TPSA) is 0 Å². The van der Waals surface area contributed by atoms with E-state index >= 15 is 0 Å². The second-order valence-electron chi connectivity index (χ2n) is 5.36. The number of halogens is 9. The Morgan fingerprint density at radius 3 is 1.96 bits per heavy atom. The lowest BCUT2D eigenvalue weighted by molar-refractivity contribution is -0.240. The highest BCUT2D eigenvalue weighted by molar-refractivity contribution is 7.66. The Kier molecular flexibility index (Phi) is 6.58. The summed E-state index contributed by atoms with van der Waals surface area (Å²) in [6.07, 6.45) is -6.10. The minimum Gasteiger partial charge on any atom is -0.204 e. The average Bonchev–Trinajstić information content (AvgIpc) is 2.45. The van der Waals surface area contributed by atoms with Crippen molar-refractivity contribution >= 4 is 13.2 Å². The molecule has 0 saturated heterocycles. The Morgan fingerprint density at radius 1 is 0.958 bits per heavy atom. The molecular weight excluding hydrogens is 370 g/mol. The molecule has 0 aromatic heterocycles. The van der Waals surface area contributed by atoms with Crippen LogP contribution in [0.25, 0.3) is 0 Å². The Hall–Kier alpha value is -0.980. The highest BCUT2D eigenvalue weighted by Crippen LogP contribution is 2.60. The SMILES string of the molecule is CCCC(C)CP(c1cc(F)c(F)c(F)c1F)C(F)(F)C(F)(F)F. The summed E-state index contributed by atoms with van der Waals surface area (Å²) in [7, 11) is -3.68. The Balaban J connectivity index is 3.49. The lowest BCUT2D eigenvalue weighted by Gasteiger charge is -2.31. The largest absolute Gasteiger partial charge is 0.457 e. The van der Waals surface area contributed by atoms with Crippen LogP contribution < -0.4 is 5.30 Å². The molecule has 0 saturated carbocycles. The van der Waals surface area contributed by atoms with Crippen LogP contribution in [-0.4, -0.2) is 18.0 Å². The molecule has 0 heterocycles. The molecule has 0 N–H and O–H groups in total. The molecule has 0 amide bonds. The van der Waals surface area contributed by atoms with Gasteiger partial charge in [0.15, 0.2) is 23.3 Å². The van der Waals surface area contributed by atoms with Crippen LogP contribution in [-0.2, 0) is 0 Å². The van der Waals surface area contributed by atoms with Crippen molar-refractivity contribution in [1.82, 2.24) is 0 Å². The maximum atomic E-state index is 13.8. The summed E-state index contributed by atoms with van der Waals surface area (Å²) in [5, 5.41) is -1.47. The maximum absolute atomic E-state index is 13.8. The van der Waals surface area contributed by atoms with Gasteiger partial charge in [0, 0.05) is 13.2 Å². The first-order valence-electron chi connectivity index (χ1n) is 6.89. The second kappa shape index (κ2) is 7.50. The van der Waals surface area contributed by atoms with Crippen molar-refractivity contribution in [3.63, 3.8) is 0 Å². The van der Waals surface area contributed by atoms with Crippen LogP contribution in [0.15, 0.2) is 6.07 Å². The second-order valence-corrected chi connectivity index (χ2v) is 7.63. The van der Waals surface area contributed by atoms with Crippen molar-refractivity contribution in [1.29, 1.82) is 0 Å². The standard InChI is InChI=1S/C14H14F9P/c1-3-4-7(2)6-24(14(22,23)13(19,20)21)9-5-8(15)10(16)12(18)11(9)17/h5,7H,3-4,6H2,1-2H3. The van der Waals surface area contributed by atoms with Crippen LogP contribution in [0.3, 0.4) is 0 Å². The fourth-order valence-corrected chi connectivity index (χ4v) is 4.61. The van der Waals surface area contributed by atoms with Gasteiger partial charge in [-0.15, -0.1) is 0 Å². The van der Waals surface area contributed by atoms with Gasteiger partial charge in [0.05, 0.1) is 0 Å². The smallest absolute Gasteiger partial charge is 0.204 e. The van der Waals surface area contributed by atoms with Crippen LogP contribution >= 0.6 is 7.92 Å².